The van der Waals surface area contributed by atoms with Crippen molar-refractivity contribution in [1.29, 1.82) is 0 Å². The quantitative estimate of drug-likeness (QED) is 0.703. The van der Waals surface area contributed by atoms with E-state index in [4.69, 9.17) is 27.6 Å². The number of halogens is 2. The molecule has 2 rings (SSSR count). The molecule has 0 spiro atoms. The Balaban J connectivity index is 1.74. The van der Waals surface area contributed by atoms with Crippen LogP contribution in [-0.4, -0.2) is 24.3 Å². The Labute approximate surface area is 147 Å². The molecule has 1 heterocycles. The minimum atomic E-state index is -0.601. The van der Waals surface area contributed by atoms with E-state index >= 15 is 0 Å². The fourth-order valence-electron chi connectivity index (χ4n) is 1.71. The van der Waals surface area contributed by atoms with Gasteiger partial charge in [0.15, 0.2) is 5.76 Å². The first-order chi connectivity index (χ1) is 11.5. The van der Waals surface area contributed by atoms with Gasteiger partial charge in [0.1, 0.15) is 0 Å². The van der Waals surface area contributed by atoms with Gasteiger partial charge in [-0.2, -0.15) is 0 Å². The molecule has 0 saturated carbocycles. The number of carbonyl (C=O) groups excluding carboxylic acids is 3. The van der Waals surface area contributed by atoms with Crippen molar-refractivity contribution in [2.75, 3.05) is 6.54 Å². The summed E-state index contributed by atoms with van der Waals surface area (Å²) in [6.45, 7) is 0.0825. The van der Waals surface area contributed by atoms with Crippen LogP contribution in [0.15, 0.2) is 41.0 Å². The van der Waals surface area contributed by atoms with Crippen LogP contribution in [0.1, 0.15) is 27.3 Å². The molecule has 0 aliphatic heterocycles. The molecule has 7 nitrogen and oxygen atoms in total. The lowest BCUT2D eigenvalue weighted by atomic mass is 10.2. The fourth-order valence-corrected chi connectivity index (χ4v) is 2.09. The van der Waals surface area contributed by atoms with Gasteiger partial charge in [-0.3, -0.25) is 25.2 Å². The Morgan fingerprint density at radius 1 is 1.04 bits per heavy atom. The highest BCUT2D eigenvalue weighted by atomic mass is 35.5. The van der Waals surface area contributed by atoms with E-state index in [1.54, 1.807) is 12.1 Å². The molecule has 3 amide bonds. The second-order valence-electron chi connectivity index (χ2n) is 4.61. The van der Waals surface area contributed by atoms with E-state index in [0.29, 0.717) is 5.02 Å². The number of amides is 3. The van der Waals surface area contributed by atoms with Crippen molar-refractivity contribution in [1.82, 2.24) is 16.2 Å². The number of hydrazine groups is 1. The normalized spacial score (nSPS) is 10.1. The summed E-state index contributed by atoms with van der Waals surface area (Å²) in [5, 5.41) is 3.06. The van der Waals surface area contributed by atoms with Gasteiger partial charge in [0, 0.05) is 18.0 Å². The van der Waals surface area contributed by atoms with Crippen LogP contribution in [0, 0.1) is 0 Å². The molecule has 0 aliphatic carbocycles. The van der Waals surface area contributed by atoms with Crippen LogP contribution in [-0.2, 0) is 4.79 Å². The van der Waals surface area contributed by atoms with E-state index in [0.717, 1.165) is 0 Å². The lowest BCUT2D eigenvalue weighted by molar-refractivity contribution is -0.121. The van der Waals surface area contributed by atoms with E-state index in [2.05, 4.69) is 16.2 Å². The first-order valence-electron chi connectivity index (χ1n) is 6.83. The van der Waals surface area contributed by atoms with Crippen LogP contribution < -0.4 is 16.2 Å². The Bertz CT molecular complexity index is 747. The van der Waals surface area contributed by atoms with E-state index in [9.17, 15) is 14.4 Å². The Morgan fingerprint density at radius 3 is 2.54 bits per heavy atom. The topological polar surface area (TPSA) is 100 Å². The van der Waals surface area contributed by atoms with Crippen LogP contribution in [0.2, 0.25) is 10.0 Å². The second kappa shape index (κ2) is 8.37. The summed E-state index contributed by atoms with van der Waals surface area (Å²) in [5.41, 5.74) is 4.58. The van der Waals surface area contributed by atoms with Crippen LogP contribution in [0.3, 0.4) is 0 Å². The summed E-state index contributed by atoms with van der Waals surface area (Å²) in [7, 11) is 0. The predicted octanol–water partition coefficient (Wildman–Crippen LogP) is 2.17. The summed E-state index contributed by atoms with van der Waals surface area (Å²) in [6, 6.07) is 7.49. The van der Waals surface area contributed by atoms with Gasteiger partial charge in [-0.25, -0.2) is 0 Å². The second-order valence-corrected chi connectivity index (χ2v) is 5.45. The number of rotatable bonds is 5. The molecule has 9 heteroatoms. The molecule has 0 aliphatic rings. The molecular formula is C15H13Cl2N3O4. The van der Waals surface area contributed by atoms with Crippen molar-refractivity contribution in [3.05, 3.63) is 58.0 Å². The summed E-state index contributed by atoms with van der Waals surface area (Å²) < 4.78 is 4.91. The maximum atomic E-state index is 11.9. The van der Waals surface area contributed by atoms with E-state index < -0.39 is 17.7 Å². The molecule has 3 N–H and O–H groups in total. The number of carbonyl (C=O) groups is 3. The lowest BCUT2D eigenvalue weighted by Crippen LogP contribution is -2.42. The highest BCUT2D eigenvalue weighted by Gasteiger charge is 2.12. The minimum absolute atomic E-state index is 0.0317. The molecular weight excluding hydrogens is 357 g/mol. The van der Waals surface area contributed by atoms with Gasteiger partial charge in [-0.05, 0) is 30.3 Å². The van der Waals surface area contributed by atoms with Gasteiger partial charge in [0.05, 0.1) is 16.8 Å². The zero-order chi connectivity index (χ0) is 17.5. The highest BCUT2D eigenvalue weighted by molar-refractivity contribution is 6.35. The van der Waals surface area contributed by atoms with E-state index in [-0.39, 0.29) is 29.3 Å². The van der Waals surface area contributed by atoms with Crippen molar-refractivity contribution in [2.45, 2.75) is 6.42 Å². The number of benzene rings is 1. The van der Waals surface area contributed by atoms with Crippen LogP contribution in [0.5, 0.6) is 0 Å². The number of hydrogen-bond donors (Lipinski definition) is 3. The first-order valence-corrected chi connectivity index (χ1v) is 7.59. The molecule has 2 aromatic rings. The Kier molecular flexibility index (Phi) is 6.22. The van der Waals surface area contributed by atoms with Gasteiger partial charge in [-0.1, -0.05) is 23.2 Å². The van der Waals surface area contributed by atoms with Crippen molar-refractivity contribution in [3.8, 4) is 0 Å². The van der Waals surface area contributed by atoms with Crippen LogP contribution in [0.4, 0.5) is 0 Å². The summed E-state index contributed by atoms with van der Waals surface area (Å²) in [5.74, 6) is -1.36. The van der Waals surface area contributed by atoms with Gasteiger partial charge < -0.3 is 9.73 Å². The summed E-state index contributed by atoms with van der Waals surface area (Å²) >= 11 is 11.7. The smallest absolute Gasteiger partial charge is 0.286 e. The van der Waals surface area contributed by atoms with E-state index in [1.165, 1.54) is 24.5 Å². The fraction of sp³-hybridized carbons (Fsp3) is 0.133. The van der Waals surface area contributed by atoms with Crippen molar-refractivity contribution in [3.63, 3.8) is 0 Å². The molecule has 0 atom stereocenters. The van der Waals surface area contributed by atoms with Crippen LogP contribution in [0.25, 0.3) is 0 Å². The number of furan rings is 1. The molecule has 0 unspecified atom stereocenters. The number of hydrogen-bond acceptors (Lipinski definition) is 4. The van der Waals surface area contributed by atoms with Crippen molar-refractivity contribution in [2.24, 2.45) is 0 Å². The zero-order valence-corrected chi connectivity index (χ0v) is 13.8. The molecule has 0 radical (unpaired) electrons. The molecule has 0 fully saturated rings. The summed E-state index contributed by atoms with van der Waals surface area (Å²) in [4.78, 5) is 35.1. The minimum Gasteiger partial charge on any atom is -0.459 e. The van der Waals surface area contributed by atoms with Gasteiger partial charge in [0.25, 0.3) is 11.8 Å². The average Bonchev–Trinajstić information content (AvgIpc) is 3.09. The van der Waals surface area contributed by atoms with Crippen molar-refractivity contribution < 1.29 is 18.8 Å². The lowest BCUT2D eigenvalue weighted by Gasteiger charge is -2.09. The predicted molar refractivity (Wildman–Crippen MR) is 87.7 cm³/mol. The molecule has 0 bridgehead atoms. The standard InChI is InChI=1S/C15H13Cl2N3O4/c16-9-3-4-11(17)10(8-9)14(22)20-19-13(21)5-6-18-15(23)12-2-1-7-24-12/h1-4,7-8H,5-6H2,(H,18,23)(H,19,21)(H,20,22). The molecule has 24 heavy (non-hydrogen) atoms. The van der Waals surface area contributed by atoms with Crippen LogP contribution >= 0.6 is 23.2 Å². The van der Waals surface area contributed by atoms with E-state index in [1.807, 2.05) is 0 Å². The first kappa shape index (κ1) is 17.8. The highest BCUT2D eigenvalue weighted by Crippen LogP contribution is 2.20. The third-order valence-corrected chi connectivity index (χ3v) is 3.44. The Morgan fingerprint density at radius 2 is 1.83 bits per heavy atom. The van der Waals surface area contributed by atoms with Gasteiger partial charge in [-0.15, -0.1) is 0 Å². The maximum absolute atomic E-state index is 11.9. The third-order valence-electron chi connectivity index (χ3n) is 2.87. The molecule has 1 aromatic carbocycles. The summed E-state index contributed by atoms with van der Waals surface area (Å²) in [6.07, 6.45) is 1.34. The zero-order valence-electron chi connectivity index (χ0n) is 12.3. The Hall–Kier alpha value is -2.51. The van der Waals surface area contributed by atoms with Gasteiger partial charge in [0.2, 0.25) is 5.91 Å². The average molecular weight is 370 g/mol. The van der Waals surface area contributed by atoms with Crippen molar-refractivity contribution >= 4 is 40.9 Å². The SMILES string of the molecule is O=C(CCNC(=O)c1ccco1)NNC(=O)c1cc(Cl)ccc1Cl. The monoisotopic (exact) mass is 369 g/mol. The third kappa shape index (κ3) is 5.00. The number of nitrogens with one attached hydrogen (secondary N) is 3. The largest absolute Gasteiger partial charge is 0.459 e. The molecule has 1 aromatic heterocycles. The molecule has 0 saturated heterocycles. The molecule has 126 valence electrons. The maximum Gasteiger partial charge on any atom is 0.286 e. The van der Waals surface area contributed by atoms with Gasteiger partial charge >= 0.3 is 0 Å².